The second kappa shape index (κ2) is 10.9. The number of carbonyl (C=O) groups is 4. The molecule has 0 atom stereocenters. The number of nitrogens with one attached hydrogen (secondary N) is 3. The average molecular weight is 439 g/mol. The Morgan fingerprint density at radius 1 is 0.969 bits per heavy atom. The van der Waals surface area contributed by atoms with Gasteiger partial charge in [-0.05, 0) is 62.2 Å². The summed E-state index contributed by atoms with van der Waals surface area (Å²) in [6.45, 7) is 1.48. The summed E-state index contributed by atoms with van der Waals surface area (Å²) >= 11 is 0. The van der Waals surface area contributed by atoms with E-state index in [1.165, 1.54) is 0 Å². The maximum absolute atomic E-state index is 12.1. The fourth-order valence-corrected chi connectivity index (χ4v) is 2.75. The van der Waals surface area contributed by atoms with E-state index in [0.717, 1.165) is 12.8 Å². The molecule has 0 bridgehead atoms. The maximum Gasteiger partial charge on any atom is 0.325 e. The first-order valence-corrected chi connectivity index (χ1v) is 10.3. The van der Waals surface area contributed by atoms with E-state index in [9.17, 15) is 19.2 Å². The lowest BCUT2D eigenvalue weighted by atomic mass is 10.2. The number of esters is 1. The van der Waals surface area contributed by atoms with Crippen LogP contribution in [-0.2, 0) is 14.3 Å². The van der Waals surface area contributed by atoms with Crippen LogP contribution in [0.15, 0.2) is 48.5 Å². The number of benzene rings is 2. The van der Waals surface area contributed by atoms with Crippen molar-refractivity contribution in [1.82, 2.24) is 10.6 Å². The highest BCUT2D eigenvalue weighted by Crippen LogP contribution is 2.20. The third-order valence-electron chi connectivity index (χ3n) is 4.51. The Balaban J connectivity index is 1.39. The van der Waals surface area contributed by atoms with Crippen LogP contribution in [0.25, 0.3) is 0 Å². The van der Waals surface area contributed by atoms with Gasteiger partial charge >= 0.3 is 5.97 Å². The van der Waals surface area contributed by atoms with Gasteiger partial charge in [0.1, 0.15) is 12.3 Å². The molecule has 2 aromatic carbocycles. The average Bonchev–Trinajstić information content (AvgIpc) is 3.61. The van der Waals surface area contributed by atoms with Gasteiger partial charge in [-0.3, -0.25) is 19.2 Å². The molecule has 9 nitrogen and oxygen atoms in total. The van der Waals surface area contributed by atoms with E-state index in [2.05, 4.69) is 16.0 Å². The van der Waals surface area contributed by atoms with Crippen molar-refractivity contribution in [1.29, 1.82) is 0 Å². The number of rotatable bonds is 10. The van der Waals surface area contributed by atoms with Crippen molar-refractivity contribution >= 4 is 29.4 Å². The Bertz CT molecular complexity index is 985. The third kappa shape index (κ3) is 7.12. The summed E-state index contributed by atoms with van der Waals surface area (Å²) in [5.41, 5.74) is 1.21. The number of carbonyl (C=O) groups excluding carboxylic acids is 4. The molecule has 0 spiro atoms. The molecular weight excluding hydrogens is 414 g/mol. The Morgan fingerprint density at radius 3 is 2.41 bits per heavy atom. The molecule has 1 aliphatic rings. The van der Waals surface area contributed by atoms with E-state index in [0.29, 0.717) is 29.2 Å². The maximum atomic E-state index is 12.1. The molecule has 0 aliphatic heterocycles. The van der Waals surface area contributed by atoms with Gasteiger partial charge in [0.25, 0.3) is 17.7 Å². The molecule has 168 valence electrons. The van der Waals surface area contributed by atoms with Crippen LogP contribution in [0, 0.1) is 0 Å². The lowest BCUT2D eigenvalue weighted by Crippen LogP contribution is -2.32. The van der Waals surface area contributed by atoms with Gasteiger partial charge in [0.05, 0.1) is 6.61 Å². The molecule has 0 saturated heterocycles. The monoisotopic (exact) mass is 439 g/mol. The fraction of sp³-hybridized carbons (Fsp3) is 0.304. The second-order valence-electron chi connectivity index (χ2n) is 7.18. The summed E-state index contributed by atoms with van der Waals surface area (Å²) < 4.78 is 10.2. The van der Waals surface area contributed by atoms with Gasteiger partial charge in [-0.15, -0.1) is 0 Å². The summed E-state index contributed by atoms with van der Waals surface area (Å²) in [5.74, 6) is -1.31. The van der Waals surface area contributed by atoms with E-state index in [-0.39, 0.29) is 18.5 Å². The van der Waals surface area contributed by atoms with Gasteiger partial charge < -0.3 is 25.4 Å². The van der Waals surface area contributed by atoms with Crippen LogP contribution in [0.1, 0.15) is 40.5 Å². The van der Waals surface area contributed by atoms with E-state index in [1.54, 1.807) is 48.5 Å². The molecule has 3 amide bonds. The zero-order chi connectivity index (χ0) is 22.9. The zero-order valence-corrected chi connectivity index (χ0v) is 17.7. The molecule has 9 heteroatoms. The molecule has 1 saturated carbocycles. The molecule has 0 radical (unpaired) electrons. The Morgan fingerprint density at radius 2 is 1.72 bits per heavy atom. The van der Waals surface area contributed by atoms with Gasteiger partial charge in [-0.25, -0.2) is 0 Å². The van der Waals surface area contributed by atoms with Crippen LogP contribution in [0.3, 0.4) is 0 Å². The molecule has 0 unspecified atom stereocenters. The van der Waals surface area contributed by atoms with Crippen molar-refractivity contribution in [2.45, 2.75) is 25.8 Å². The summed E-state index contributed by atoms with van der Waals surface area (Å²) in [6, 6.07) is 13.2. The number of hydrogen-bond donors (Lipinski definition) is 3. The number of hydrogen-bond acceptors (Lipinski definition) is 6. The van der Waals surface area contributed by atoms with Gasteiger partial charge in [-0.2, -0.15) is 0 Å². The predicted octanol–water partition coefficient (Wildman–Crippen LogP) is 1.89. The Hall–Kier alpha value is -3.88. The smallest absolute Gasteiger partial charge is 0.325 e. The summed E-state index contributed by atoms with van der Waals surface area (Å²) in [6.07, 6.45) is 1.96. The quantitative estimate of drug-likeness (QED) is 0.486. The van der Waals surface area contributed by atoms with Crippen LogP contribution >= 0.6 is 0 Å². The first kappa shape index (κ1) is 22.8. The van der Waals surface area contributed by atoms with Crippen LogP contribution < -0.4 is 20.7 Å². The third-order valence-corrected chi connectivity index (χ3v) is 4.51. The molecule has 32 heavy (non-hydrogen) atoms. The van der Waals surface area contributed by atoms with Crippen LogP contribution in [0.2, 0.25) is 0 Å². The highest BCUT2D eigenvalue weighted by Gasteiger charge is 2.23. The molecular formula is C23H25N3O6. The van der Waals surface area contributed by atoms with Gasteiger partial charge in [-0.1, -0.05) is 6.07 Å². The predicted molar refractivity (Wildman–Crippen MR) is 116 cm³/mol. The minimum Gasteiger partial charge on any atom is -0.494 e. The Kier molecular flexibility index (Phi) is 7.80. The lowest BCUT2D eigenvalue weighted by molar-refractivity contribution is -0.146. The lowest BCUT2D eigenvalue weighted by Gasteiger charge is -2.09. The molecule has 1 aliphatic carbocycles. The molecule has 3 N–H and O–H groups in total. The van der Waals surface area contributed by atoms with Crippen LogP contribution in [0.5, 0.6) is 5.75 Å². The number of anilines is 1. The normalized spacial score (nSPS) is 12.4. The second-order valence-corrected chi connectivity index (χ2v) is 7.18. The Labute approximate surface area is 185 Å². The molecule has 3 rings (SSSR count). The van der Waals surface area contributed by atoms with Crippen LogP contribution in [-0.4, -0.2) is 49.5 Å². The van der Waals surface area contributed by atoms with Gasteiger partial charge in [0.2, 0.25) is 0 Å². The molecule has 1 fully saturated rings. The first-order chi connectivity index (χ1) is 15.4. The van der Waals surface area contributed by atoms with Gasteiger partial charge in [0.15, 0.2) is 6.61 Å². The number of amides is 3. The largest absolute Gasteiger partial charge is 0.494 e. The number of ether oxygens (including phenoxy) is 2. The van der Waals surface area contributed by atoms with E-state index in [1.807, 2.05) is 6.92 Å². The summed E-state index contributed by atoms with van der Waals surface area (Å²) in [7, 11) is 0. The highest BCUT2D eigenvalue weighted by atomic mass is 16.5. The standard InChI is InChI=1S/C23H25N3O6/c1-2-31-19-10-6-15(7-11-19)22(29)24-13-21(28)32-14-20(27)25-18-5-3-4-16(12-18)23(30)26-17-8-9-17/h3-7,10-12,17H,2,8-9,13-14H2,1H3,(H,24,29)(H,25,27)(H,26,30). The molecule has 0 aromatic heterocycles. The fourth-order valence-electron chi connectivity index (χ4n) is 2.75. The first-order valence-electron chi connectivity index (χ1n) is 10.3. The zero-order valence-electron chi connectivity index (χ0n) is 17.7. The van der Waals surface area contributed by atoms with Crippen molar-refractivity contribution in [2.75, 3.05) is 25.1 Å². The molecule has 2 aromatic rings. The minimum absolute atomic E-state index is 0.196. The van der Waals surface area contributed by atoms with Gasteiger partial charge in [0, 0.05) is 22.9 Å². The minimum atomic E-state index is -0.753. The summed E-state index contributed by atoms with van der Waals surface area (Å²) in [5, 5.41) is 7.88. The summed E-state index contributed by atoms with van der Waals surface area (Å²) in [4.78, 5) is 48.1. The van der Waals surface area contributed by atoms with E-state index >= 15 is 0 Å². The van der Waals surface area contributed by atoms with Crippen molar-refractivity contribution < 1.29 is 28.7 Å². The van der Waals surface area contributed by atoms with E-state index in [4.69, 9.17) is 9.47 Å². The SMILES string of the molecule is CCOc1ccc(C(=O)NCC(=O)OCC(=O)Nc2cccc(C(=O)NC3CC3)c2)cc1. The topological polar surface area (TPSA) is 123 Å². The van der Waals surface area contributed by atoms with Crippen molar-refractivity contribution in [2.24, 2.45) is 0 Å². The van der Waals surface area contributed by atoms with Crippen molar-refractivity contribution in [3.63, 3.8) is 0 Å². The van der Waals surface area contributed by atoms with E-state index < -0.39 is 24.4 Å². The highest BCUT2D eigenvalue weighted by molar-refractivity contribution is 5.98. The van der Waals surface area contributed by atoms with Crippen molar-refractivity contribution in [3.05, 3.63) is 59.7 Å². The molecule has 0 heterocycles. The van der Waals surface area contributed by atoms with Crippen molar-refractivity contribution in [3.8, 4) is 5.75 Å². The van der Waals surface area contributed by atoms with Crippen LogP contribution in [0.4, 0.5) is 5.69 Å².